The smallest absolute Gasteiger partial charge is 0.306 e. The molecule has 0 amide bonds. The van der Waals surface area contributed by atoms with Crippen LogP contribution in [0, 0.1) is 0 Å². The normalized spacial score (nSPS) is 14.0. The minimum Gasteiger partial charge on any atom is -0.756 e. The summed E-state index contributed by atoms with van der Waals surface area (Å²) in [5.74, 6) is -0.877. The molecule has 0 aliphatic heterocycles. The van der Waals surface area contributed by atoms with Crippen LogP contribution in [0.25, 0.3) is 0 Å². The summed E-state index contributed by atoms with van der Waals surface area (Å²) >= 11 is 0. The van der Waals surface area contributed by atoms with Gasteiger partial charge < -0.3 is 27.9 Å². The van der Waals surface area contributed by atoms with Gasteiger partial charge in [0.2, 0.25) is 0 Å². The second kappa shape index (κ2) is 35.9. The number of carbonyl (C=O) groups excluding carboxylic acids is 2. The van der Waals surface area contributed by atoms with E-state index in [0.29, 0.717) is 23.9 Å². The van der Waals surface area contributed by atoms with Gasteiger partial charge in [-0.2, -0.15) is 0 Å². The number of nitrogens with zero attached hydrogens (tertiary/aromatic N) is 1. The highest BCUT2D eigenvalue weighted by molar-refractivity contribution is 7.45. The molecule has 310 valence electrons. The second-order valence-corrected chi connectivity index (χ2v) is 16.8. The fourth-order valence-corrected chi connectivity index (χ4v) is 6.22. The maximum Gasteiger partial charge on any atom is 0.306 e. The number of carbonyl (C=O) groups is 2. The van der Waals surface area contributed by atoms with Crippen molar-refractivity contribution in [1.29, 1.82) is 0 Å². The third-order valence-electron chi connectivity index (χ3n) is 8.88. The molecule has 53 heavy (non-hydrogen) atoms. The number of allylic oxidation sites excluding steroid dienone is 6. The van der Waals surface area contributed by atoms with Gasteiger partial charge in [-0.25, -0.2) is 0 Å². The molecular formula is C43H80NO8P. The third kappa shape index (κ3) is 39.7. The van der Waals surface area contributed by atoms with E-state index in [1.165, 1.54) is 70.6 Å². The molecule has 0 spiro atoms. The van der Waals surface area contributed by atoms with Gasteiger partial charge in [-0.1, -0.05) is 134 Å². The number of phosphoric acid groups is 1. The number of phosphoric ester groups is 1. The Balaban J connectivity index is 4.44. The SMILES string of the molecule is CCCC/C=C/C/C=C/CCCCCCCC(=O)OC[C@H](COP(=O)([O-])OCC[N+](C)(C)C)OC(=O)CCCC/C=C/CCCCCCCCCCC. The van der Waals surface area contributed by atoms with Crippen molar-refractivity contribution < 1.29 is 42.1 Å². The summed E-state index contributed by atoms with van der Waals surface area (Å²) in [6.07, 6.45) is 38.8. The van der Waals surface area contributed by atoms with Crippen LogP contribution in [0.15, 0.2) is 36.5 Å². The molecule has 10 heteroatoms. The summed E-state index contributed by atoms with van der Waals surface area (Å²) in [7, 11) is 1.14. The van der Waals surface area contributed by atoms with Gasteiger partial charge in [0, 0.05) is 12.8 Å². The number of esters is 2. The van der Waals surface area contributed by atoms with E-state index in [4.69, 9.17) is 18.5 Å². The van der Waals surface area contributed by atoms with Crippen molar-refractivity contribution in [3.63, 3.8) is 0 Å². The zero-order valence-corrected chi connectivity index (χ0v) is 35.6. The van der Waals surface area contributed by atoms with Crippen molar-refractivity contribution in [3.8, 4) is 0 Å². The molecule has 2 atom stereocenters. The first kappa shape index (κ1) is 51.2. The van der Waals surface area contributed by atoms with Gasteiger partial charge >= 0.3 is 11.9 Å². The molecule has 9 nitrogen and oxygen atoms in total. The zero-order chi connectivity index (χ0) is 39.3. The third-order valence-corrected chi connectivity index (χ3v) is 9.85. The van der Waals surface area contributed by atoms with Gasteiger partial charge in [-0.15, -0.1) is 0 Å². The molecule has 0 bridgehead atoms. The summed E-state index contributed by atoms with van der Waals surface area (Å²) < 4.78 is 33.8. The van der Waals surface area contributed by atoms with E-state index in [1.54, 1.807) is 0 Å². The summed E-state index contributed by atoms with van der Waals surface area (Å²) in [5.41, 5.74) is 0. The molecule has 0 radical (unpaired) electrons. The van der Waals surface area contributed by atoms with Crippen LogP contribution in [0.3, 0.4) is 0 Å². The molecule has 1 unspecified atom stereocenters. The van der Waals surface area contributed by atoms with E-state index in [1.807, 2.05) is 21.1 Å². The van der Waals surface area contributed by atoms with E-state index in [0.717, 1.165) is 64.2 Å². The van der Waals surface area contributed by atoms with Crippen molar-refractivity contribution in [2.75, 3.05) is 47.5 Å². The Labute approximate surface area is 325 Å². The first-order valence-electron chi connectivity index (χ1n) is 21.2. The van der Waals surface area contributed by atoms with E-state index in [-0.39, 0.29) is 26.1 Å². The van der Waals surface area contributed by atoms with Crippen molar-refractivity contribution in [1.82, 2.24) is 0 Å². The number of ether oxygens (including phenoxy) is 2. The van der Waals surface area contributed by atoms with E-state index in [2.05, 4.69) is 50.3 Å². The molecule has 0 N–H and O–H groups in total. The molecule has 0 saturated heterocycles. The molecule has 0 aromatic rings. The zero-order valence-electron chi connectivity index (χ0n) is 34.7. The molecule has 0 saturated carbocycles. The van der Waals surface area contributed by atoms with Gasteiger partial charge in [-0.05, 0) is 64.2 Å². The van der Waals surface area contributed by atoms with Crippen LogP contribution in [-0.4, -0.2) is 70.0 Å². The highest BCUT2D eigenvalue weighted by Crippen LogP contribution is 2.38. The summed E-state index contributed by atoms with van der Waals surface area (Å²) in [6, 6.07) is 0. The van der Waals surface area contributed by atoms with Gasteiger partial charge in [0.25, 0.3) is 7.82 Å². The standard InChI is InChI=1S/C43H80NO8P/c1-6-8-10-12-14-16-18-20-22-24-26-28-30-32-34-36-43(46)52-41(40-51-53(47,48)50-38-37-44(3,4)5)39-49-42(45)35-33-31-29-27-25-23-21-19-17-15-13-11-9-7-2/h13,15,19,21,26,28,41H,6-12,14,16-18,20,22-25,27,29-40H2,1-5H3/b15-13+,21-19+,28-26+/t41-/m1/s1. The second-order valence-electron chi connectivity index (χ2n) is 15.3. The van der Waals surface area contributed by atoms with E-state index < -0.39 is 32.5 Å². The lowest BCUT2D eigenvalue weighted by Crippen LogP contribution is -2.37. The maximum atomic E-state index is 12.6. The van der Waals surface area contributed by atoms with Gasteiger partial charge in [0.15, 0.2) is 6.10 Å². The molecule has 0 aliphatic carbocycles. The monoisotopic (exact) mass is 770 g/mol. The first-order chi connectivity index (χ1) is 25.5. The number of hydrogen-bond donors (Lipinski definition) is 0. The van der Waals surface area contributed by atoms with E-state index in [9.17, 15) is 19.0 Å². The molecular weight excluding hydrogens is 689 g/mol. The Kier molecular flexibility index (Phi) is 34.7. The highest BCUT2D eigenvalue weighted by atomic mass is 31.2. The van der Waals surface area contributed by atoms with Crippen LogP contribution >= 0.6 is 7.82 Å². The van der Waals surface area contributed by atoms with Crippen LogP contribution in [-0.2, 0) is 32.7 Å². The Morgan fingerprint density at radius 1 is 0.585 bits per heavy atom. The van der Waals surface area contributed by atoms with Crippen molar-refractivity contribution in [2.45, 2.75) is 180 Å². The average Bonchev–Trinajstić information content (AvgIpc) is 3.10. The lowest BCUT2D eigenvalue weighted by molar-refractivity contribution is -0.870. The Bertz CT molecular complexity index is 1010. The Morgan fingerprint density at radius 3 is 1.60 bits per heavy atom. The molecule has 0 aliphatic rings. The topological polar surface area (TPSA) is 111 Å². The Hall–Kier alpha value is -1.77. The van der Waals surface area contributed by atoms with Crippen molar-refractivity contribution in [3.05, 3.63) is 36.5 Å². The fourth-order valence-electron chi connectivity index (χ4n) is 5.49. The maximum absolute atomic E-state index is 12.6. The number of likely N-dealkylation sites (N-methyl/N-ethyl adjacent to an activating group) is 1. The summed E-state index contributed by atoms with van der Waals surface area (Å²) in [4.78, 5) is 37.4. The Morgan fingerprint density at radius 2 is 1.04 bits per heavy atom. The number of rotatable bonds is 38. The van der Waals surface area contributed by atoms with Crippen LogP contribution in [0.5, 0.6) is 0 Å². The van der Waals surface area contributed by atoms with Gasteiger partial charge in [-0.3, -0.25) is 14.2 Å². The summed E-state index contributed by atoms with van der Waals surface area (Å²) in [6.45, 7) is 4.14. The largest absolute Gasteiger partial charge is 0.756 e. The van der Waals surface area contributed by atoms with Gasteiger partial charge in [0.05, 0.1) is 27.7 Å². The first-order valence-corrected chi connectivity index (χ1v) is 22.7. The summed E-state index contributed by atoms with van der Waals surface area (Å²) in [5, 5.41) is 0. The predicted molar refractivity (Wildman–Crippen MR) is 217 cm³/mol. The van der Waals surface area contributed by atoms with Crippen molar-refractivity contribution >= 4 is 19.8 Å². The van der Waals surface area contributed by atoms with Crippen LogP contribution < -0.4 is 4.89 Å². The van der Waals surface area contributed by atoms with Crippen molar-refractivity contribution in [2.24, 2.45) is 0 Å². The molecule has 0 aromatic carbocycles. The number of quaternary nitrogens is 1. The van der Waals surface area contributed by atoms with E-state index >= 15 is 0 Å². The fraction of sp³-hybridized carbons (Fsp3) is 0.814. The molecule has 0 aromatic heterocycles. The molecule has 0 fully saturated rings. The minimum atomic E-state index is -4.63. The van der Waals surface area contributed by atoms with Crippen LogP contribution in [0.2, 0.25) is 0 Å². The number of hydrogen-bond acceptors (Lipinski definition) is 8. The highest BCUT2D eigenvalue weighted by Gasteiger charge is 2.21. The van der Waals surface area contributed by atoms with Gasteiger partial charge in [0.1, 0.15) is 19.8 Å². The lowest BCUT2D eigenvalue weighted by atomic mass is 10.1. The van der Waals surface area contributed by atoms with Crippen LogP contribution in [0.4, 0.5) is 0 Å². The molecule has 0 rings (SSSR count). The number of unbranched alkanes of at least 4 members (excludes halogenated alkanes) is 18. The van der Waals surface area contributed by atoms with Crippen LogP contribution in [0.1, 0.15) is 174 Å². The predicted octanol–water partition coefficient (Wildman–Crippen LogP) is 11.1. The average molecular weight is 770 g/mol. The molecule has 0 heterocycles. The minimum absolute atomic E-state index is 0.0369. The lowest BCUT2D eigenvalue weighted by Gasteiger charge is -2.28. The quantitative estimate of drug-likeness (QED) is 0.0201.